The number of thiophene rings is 1. The zero-order valence-corrected chi connectivity index (χ0v) is 12.4. The zero-order valence-electron chi connectivity index (χ0n) is 11.6. The monoisotopic (exact) mass is 295 g/mol. The van der Waals surface area contributed by atoms with Crippen LogP contribution in [-0.4, -0.2) is 43.0 Å². The van der Waals surface area contributed by atoms with Crippen molar-refractivity contribution in [2.75, 3.05) is 26.2 Å². The topological polar surface area (TPSA) is 61.4 Å². The highest BCUT2D eigenvalue weighted by Gasteiger charge is 2.17. The molecule has 3 amide bonds. The minimum absolute atomic E-state index is 0.140. The molecule has 1 aromatic heterocycles. The number of carbonyl (C=O) groups excluding carboxylic acids is 2. The quantitative estimate of drug-likeness (QED) is 0.837. The van der Waals surface area contributed by atoms with Crippen molar-refractivity contribution in [3.05, 3.63) is 22.4 Å². The number of nitrogens with one attached hydrogen (secondary N) is 2. The first kappa shape index (κ1) is 14.8. The molecule has 1 saturated heterocycles. The van der Waals surface area contributed by atoms with E-state index in [2.05, 4.69) is 16.7 Å². The molecule has 0 aromatic carbocycles. The van der Waals surface area contributed by atoms with Crippen LogP contribution < -0.4 is 10.6 Å². The summed E-state index contributed by atoms with van der Waals surface area (Å²) in [5.74, 6) is 0.140. The molecule has 20 heavy (non-hydrogen) atoms. The van der Waals surface area contributed by atoms with Gasteiger partial charge in [0.25, 0.3) is 0 Å². The van der Waals surface area contributed by atoms with Crippen LogP contribution in [0.2, 0.25) is 0 Å². The van der Waals surface area contributed by atoms with Gasteiger partial charge in [0, 0.05) is 37.5 Å². The number of amides is 3. The van der Waals surface area contributed by atoms with E-state index in [-0.39, 0.29) is 11.9 Å². The summed E-state index contributed by atoms with van der Waals surface area (Å²) in [5.41, 5.74) is 0. The summed E-state index contributed by atoms with van der Waals surface area (Å²) in [6.07, 6.45) is 3.43. The molecule has 2 rings (SSSR count). The molecule has 0 spiro atoms. The molecule has 5 nitrogen and oxygen atoms in total. The van der Waals surface area contributed by atoms with Gasteiger partial charge in [-0.1, -0.05) is 6.07 Å². The fourth-order valence-electron chi connectivity index (χ4n) is 2.22. The van der Waals surface area contributed by atoms with Crippen molar-refractivity contribution >= 4 is 23.3 Å². The van der Waals surface area contributed by atoms with E-state index in [4.69, 9.17) is 0 Å². The Labute approximate surface area is 123 Å². The van der Waals surface area contributed by atoms with Gasteiger partial charge in [0.05, 0.1) is 0 Å². The lowest BCUT2D eigenvalue weighted by atomic mass is 10.3. The van der Waals surface area contributed by atoms with Gasteiger partial charge < -0.3 is 15.5 Å². The Morgan fingerprint density at radius 3 is 2.65 bits per heavy atom. The fourth-order valence-corrected chi connectivity index (χ4v) is 2.93. The molecule has 1 aliphatic heterocycles. The largest absolute Gasteiger partial charge is 0.343 e. The van der Waals surface area contributed by atoms with Crippen LogP contribution in [0.5, 0.6) is 0 Å². The molecule has 0 bridgehead atoms. The molecule has 1 aromatic rings. The minimum Gasteiger partial charge on any atom is -0.343 e. The van der Waals surface area contributed by atoms with Gasteiger partial charge >= 0.3 is 6.03 Å². The molecule has 1 fully saturated rings. The third-order valence-electron chi connectivity index (χ3n) is 3.32. The van der Waals surface area contributed by atoms with E-state index < -0.39 is 0 Å². The maximum absolute atomic E-state index is 11.8. The van der Waals surface area contributed by atoms with Crippen LogP contribution in [0.1, 0.15) is 24.1 Å². The number of nitrogens with zero attached hydrogens (tertiary/aromatic N) is 1. The zero-order chi connectivity index (χ0) is 14.2. The first-order valence-corrected chi connectivity index (χ1v) is 7.95. The standard InChI is InChI=1S/C14H21N3O2S/c18-13(17-9-1-2-10-17)6-8-16-14(19)15-7-5-12-4-3-11-20-12/h3-4,11H,1-2,5-10H2,(H2,15,16,19). The molecule has 0 saturated carbocycles. The maximum atomic E-state index is 11.8. The van der Waals surface area contributed by atoms with Gasteiger partial charge in [-0.3, -0.25) is 4.79 Å². The van der Waals surface area contributed by atoms with E-state index in [1.165, 1.54) is 4.88 Å². The van der Waals surface area contributed by atoms with Crippen molar-refractivity contribution in [3.63, 3.8) is 0 Å². The average molecular weight is 295 g/mol. The average Bonchev–Trinajstić information content (AvgIpc) is 3.12. The van der Waals surface area contributed by atoms with Crippen LogP contribution in [-0.2, 0) is 11.2 Å². The first-order chi connectivity index (χ1) is 9.75. The highest BCUT2D eigenvalue weighted by Crippen LogP contribution is 2.08. The van der Waals surface area contributed by atoms with Gasteiger partial charge in [0.1, 0.15) is 0 Å². The molecule has 2 N–H and O–H groups in total. The normalized spacial score (nSPS) is 14.3. The van der Waals surface area contributed by atoms with Crippen LogP contribution in [0.4, 0.5) is 4.79 Å². The lowest BCUT2D eigenvalue weighted by molar-refractivity contribution is -0.129. The lowest BCUT2D eigenvalue weighted by Crippen LogP contribution is -2.39. The van der Waals surface area contributed by atoms with Gasteiger partial charge in [-0.2, -0.15) is 0 Å². The highest BCUT2D eigenvalue weighted by atomic mass is 32.1. The number of likely N-dealkylation sites (tertiary alicyclic amines) is 1. The van der Waals surface area contributed by atoms with Crippen LogP contribution in [0.3, 0.4) is 0 Å². The van der Waals surface area contributed by atoms with E-state index in [1.807, 2.05) is 16.3 Å². The van der Waals surface area contributed by atoms with Crippen LogP contribution in [0.25, 0.3) is 0 Å². The molecule has 0 radical (unpaired) electrons. The van der Waals surface area contributed by atoms with Crippen molar-refractivity contribution in [2.24, 2.45) is 0 Å². The Morgan fingerprint density at radius 2 is 1.95 bits per heavy atom. The fraction of sp³-hybridized carbons (Fsp3) is 0.571. The van der Waals surface area contributed by atoms with E-state index in [0.29, 0.717) is 19.5 Å². The summed E-state index contributed by atoms with van der Waals surface area (Å²) in [7, 11) is 0. The van der Waals surface area contributed by atoms with Crippen LogP contribution in [0.15, 0.2) is 17.5 Å². The first-order valence-electron chi connectivity index (χ1n) is 7.07. The van der Waals surface area contributed by atoms with E-state index in [1.54, 1.807) is 11.3 Å². The molecule has 1 aliphatic rings. The Morgan fingerprint density at radius 1 is 1.20 bits per heavy atom. The third kappa shape index (κ3) is 4.85. The minimum atomic E-state index is -0.198. The van der Waals surface area contributed by atoms with Gasteiger partial charge in [-0.15, -0.1) is 11.3 Å². The molecule has 2 heterocycles. The van der Waals surface area contributed by atoms with Crippen LogP contribution >= 0.6 is 11.3 Å². The van der Waals surface area contributed by atoms with Crippen molar-refractivity contribution in [2.45, 2.75) is 25.7 Å². The number of carbonyl (C=O) groups is 2. The summed E-state index contributed by atoms with van der Waals surface area (Å²) in [5, 5.41) is 7.55. The summed E-state index contributed by atoms with van der Waals surface area (Å²) < 4.78 is 0. The maximum Gasteiger partial charge on any atom is 0.314 e. The lowest BCUT2D eigenvalue weighted by Gasteiger charge is -2.15. The molecule has 0 unspecified atom stereocenters. The SMILES string of the molecule is O=C(NCCC(=O)N1CCCC1)NCCc1cccs1. The summed E-state index contributed by atoms with van der Waals surface area (Å²) in [6, 6.07) is 3.86. The van der Waals surface area contributed by atoms with Crippen LogP contribution in [0, 0.1) is 0 Å². The number of rotatable bonds is 6. The molecule has 0 aliphatic carbocycles. The number of hydrogen-bond donors (Lipinski definition) is 2. The Hall–Kier alpha value is -1.56. The predicted molar refractivity (Wildman–Crippen MR) is 79.9 cm³/mol. The Bertz CT molecular complexity index is 428. The highest BCUT2D eigenvalue weighted by molar-refractivity contribution is 7.09. The summed E-state index contributed by atoms with van der Waals surface area (Å²) in [4.78, 5) is 26.4. The molecule has 6 heteroatoms. The van der Waals surface area contributed by atoms with Crippen molar-refractivity contribution in [1.29, 1.82) is 0 Å². The molecular weight excluding hydrogens is 274 g/mol. The van der Waals surface area contributed by atoms with Crippen molar-refractivity contribution in [3.8, 4) is 0 Å². The molecule has 0 atom stereocenters. The van der Waals surface area contributed by atoms with Crippen molar-refractivity contribution < 1.29 is 9.59 Å². The van der Waals surface area contributed by atoms with Gasteiger partial charge in [0.2, 0.25) is 5.91 Å². The molecular formula is C14H21N3O2S. The van der Waals surface area contributed by atoms with Gasteiger partial charge in [-0.05, 0) is 30.7 Å². The van der Waals surface area contributed by atoms with Crippen molar-refractivity contribution in [1.82, 2.24) is 15.5 Å². The second kappa shape index (κ2) is 7.89. The second-order valence-corrected chi connectivity index (χ2v) is 5.88. The third-order valence-corrected chi connectivity index (χ3v) is 4.26. The smallest absolute Gasteiger partial charge is 0.314 e. The van der Waals surface area contributed by atoms with E-state index in [9.17, 15) is 9.59 Å². The van der Waals surface area contributed by atoms with E-state index >= 15 is 0 Å². The number of urea groups is 1. The Balaban J connectivity index is 1.52. The number of hydrogen-bond acceptors (Lipinski definition) is 3. The molecule has 110 valence electrons. The van der Waals surface area contributed by atoms with Gasteiger partial charge in [-0.25, -0.2) is 4.79 Å². The Kier molecular flexibility index (Phi) is 5.86. The summed E-state index contributed by atoms with van der Waals surface area (Å²) in [6.45, 7) is 2.75. The van der Waals surface area contributed by atoms with E-state index in [0.717, 1.165) is 32.4 Å². The summed E-state index contributed by atoms with van der Waals surface area (Å²) >= 11 is 1.69. The van der Waals surface area contributed by atoms with Gasteiger partial charge in [0.15, 0.2) is 0 Å². The second-order valence-electron chi connectivity index (χ2n) is 4.85. The predicted octanol–water partition coefficient (Wildman–Crippen LogP) is 1.60.